The summed E-state index contributed by atoms with van der Waals surface area (Å²) in [6, 6.07) is 18.0. The SMILES string of the molecule is O=C(Cc1cccc(Br)c1)Nc1ccccc1C(=O)NCc1ccco1. The molecule has 0 unspecified atom stereocenters. The molecule has 132 valence electrons. The van der Waals surface area contributed by atoms with Crippen LogP contribution in [-0.4, -0.2) is 11.8 Å². The lowest BCUT2D eigenvalue weighted by Gasteiger charge is -2.11. The van der Waals surface area contributed by atoms with Crippen LogP contribution in [0.3, 0.4) is 0 Å². The minimum absolute atomic E-state index is 0.186. The first kappa shape index (κ1) is 17.9. The third-order valence-corrected chi connectivity index (χ3v) is 4.20. The Morgan fingerprint density at radius 2 is 1.85 bits per heavy atom. The van der Waals surface area contributed by atoms with E-state index in [-0.39, 0.29) is 24.8 Å². The molecule has 0 aliphatic heterocycles. The second kappa shape index (κ2) is 8.49. The molecule has 6 heteroatoms. The van der Waals surface area contributed by atoms with E-state index in [1.807, 2.05) is 24.3 Å². The van der Waals surface area contributed by atoms with E-state index in [0.29, 0.717) is 17.0 Å². The molecule has 0 aliphatic rings. The van der Waals surface area contributed by atoms with E-state index >= 15 is 0 Å². The number of furan rings is 1. The highest BCUT2D eigenvalue weighted by Crippen LogP contribution is 2.17. The lowest BCUT2D eigenvalue weighted by molar-refractivity contribution is -0.115. The van der Waals surface area contributed by atoms with Crippen molar-refractivity contribution >= 4 is 33.4 Å². The summed E-state index contributed by atoms with van der Waals surface area (Å²) in [7, 11) is 0. The molecule has 0 radical (unpaired) electrons. The zero-order valence-corrected chi connectivity index (χ0v) is 15.5. The second-order valence-corrected chi connectivity index (χ2v) is 6.58. The van der Waals surface area contributed by atoms with Gasteiger partial charge < -0.3 is 15.1 Å². The van der Waals surface area contributed by atoms with Crippen LogP contribution < -0.4 is 10.6 Å². The number of halogens is 1. The minimum Gasteiger partial charge on any atom is -0.467 e. The molecule has 2 N–H and O–H groups in total. The maximum atomic E-state index is 12.4. The van der Waals surface area contributed by atoms with Gasteiger partial charge in [-0.3, -0.25) is 9.59 Å². The number of rotatable bonds is 6. The van der Waals surface area contributed by atoms with Crippen molar-refractivity contribution in [2.45, 2.75) is 13.0 Å². The first-order chi connectivity index (χ1) is 12.6. The monoisotopic (exact) mass is 412 g/mol. The number of para-hydroxylation sites is 1. The minimum atomic E-state index is -0.278. The summed E-state index contributed by atoms with van der Waals surface area (Å²) >= 11 is 3.39. The van der Waals surface area contributed by atoms with Gasteiger partial charge in [0.2, 0.25) is 5.91 Å². The lowest BCUT2D eigenvalue weighted by atomic mass is 10.1. The van der Waals surface area contributed by atoms with Crippen LogP contribution in [0, 0.1) is 0 Å². The summed E-state index contributed by atoms with van der Waals surface area (Å²) in [5.74, 6) is 0.198. The van der Waals surface area contributed by atoms with Crippen LogP contribution in [0.25, 0.3) is 0 Å². The number of nitrogens with one attached hydrogen (secondary N) is 2. The Kier molecular flexibility index (Phi) is 5.86. The van der Waals surface area contributed by atoms with E-state index < -0.39 is 0 Å². The van der Waals surface area contributed by atoms with Crippen molar-refractivity contribution in [3.8, 4) is 0 Å². The molecule has 1 heterocycles. The molecule has 0 saturated carbocycles. The normalized spacial score (nSPS) is 10.3. The van der Waals surface area contributed by atoms with E-state index in [0.717, 1.165) is 10.0 Å². The number of benzene rings is 2. The zero-order valence-electron chi connectivity index (χ0n) is 13.9. The Labute approximate surface area is 159 Å². The second-order valence-electron chi connectivity index (χ2n) is 5.66. The van der Waals surface area contributed by atoms with Crippen LogP contribution >= 0.6 is 15.9 Å². The summed E-state index contributed by atoms with van der Waals surface area (Å²) < 4.78 is 6.12. The molecule has 26 heavy (non-hydrogen) atoms. The van der Waals surface area contributed by atoms with Crippen molar-refractivity contribution in [3.05, 3.63) is 88.3 Å². The average Bonchev–Trinajstić information content (AvgIpc) is 3.13. The van der Waals surface area contributed by atoms with Crippen molar-refractivity contribution in [2.75, 3.05) is 5.32 Å². The predicted molar refractivity (Wildman–Crippen MR) is 103 cm³/mol. The van der Waals surface area contributed by atoms with Crippen molar-refractivity contribution in [1.29, 1.82) is 0 Å². The maximum Gasteiger partial charge on any atom is 0.253 e. The van der Waals surface area contributed by atoms with E-state index in [9.17, 15) is 9.59 Å². The summed E-state index contributed by atoms with van der Waals surface area (Å²) in [6.07, 6.45) is 1.78. The smallest absolute Gasteiger partial charge is 0.253 e. The summed E-state index contributed by atoms with van der Waals surface area (Å²) in [5.41, 5.74) is 1.77. The van der Waals surface area contributed by atoms with Gasteiger partial charge in [-0.1, -0.05) is 40.2 Å². The zero-order chi connectivity index (χ0) is 18.4. The average molecular weight is 413 g/mol. The Balaban J connectivity index is 1.66. The van der Waals surface area contributed by atoms with E-state index in [1.54, 1.807) is 42.7 Å². The van der Waals surface area contributed by atoms with Crippen LogP contribution in [0.4, 0.5) is 5.69 Å². The van der Waals surface area contributed by atoms with Gasteiger partial charge >= 0.3 is 0 Å². The fourth-order valence-corrected chi connectivity index (χ4v) is 2.94. The molecule has 1 aromatic heterocycles. The third-order valence-electron chi connectivity index (χ3n) is 3.70. The number of anilines is 1. The van der Waals surface area contributed by atoms with Gasteiger partial charge in [-0.25, -0.2) is 0 Å². The van der Waals surface area contributed by atoms with Crippen molar-refractivity contribution in [3.63, 3.8) is 0 Å². The molecule has 0 aliphatic carbocycles. The molecule has 0 spiro atoms. The first-order valence-electron chi connectivity index (χ1n) is 8.06. The number of amides is 2. The maximum absolute atomic E-state index is 12.4. The standard InChI is InChI=1S/C20H17BrN2O3/c21-15-6-3-5-14(11-15)12-19(24)23-18-9-2-1-8-17(18)20(25)22-13-16-7-4-10-26-16/h1-11H,12-13H2,(H,22,25)(H,23,24). The number of carbonyl (C=O) groups is 2. The molecule has 5 nitrogen and oxygen atoms in total. The first-order valence-corrected chi connectivity index (χ1v) is 8.85. The summed E-state index contributed by atoms with van der Waals surface area (Å²) in [6.45, 7) is 0.284. The van der Waals surface area contributed by atoms with Crippen LogP contribution in [0.5, 0.6) is 0 Å². The van der Waals surface area contributed by atoms with Crippen molar-refractivity contribution in [1.82, 2.24) is 5.32 Å². The van der Waals surface area contributed by atoms with Gasteiger partial charge in [0.1, 0.15) is 5.76 Å². The molecule has 0 saturated heterocycles. The molecule has 2 aromatic carbocycles. The quantitative estimate of drug-likeness (QED) is 0.638. The Bertz CT molecular complexity index is 907. The van der Waals surface area contributed by atoms with Crippen LogP contribution in [0.15, 0.2) is 75.8 Å². The predicted octanol–water partition coefficient (Wildman–Crippen LogP) is 4.15. The highest BCUT2D eigenvalue weighted by molar-refractivity contribution is 9.10. The Hall–Kier alpha value is -2.86. The van der Waals surface area contributed by atoms with Crippen LogP contribution in [0.1, 0.15) is 21.7 Å². The van der Waals surface area contributed by atoms with E-state index in [1.165, 1.54) is 0 Å². The van der Waals surface area contributed by atoms with Crippen molar-refractivity contribution in [2.24, 2.45) is 0 Å². The molecule has 0 atom stereocenters. The van der Waals surface area contributed by atoms with Crippen LogP contribution in [-0.2, 0) is 17.8 Å². The van der Waals surface area contributed by atoms with Gasteiger partial charge in [-0.05, 0) is 42.0 Å². The van der Waals surface area contributed by atoms with Gasteiger partial charge in [-0.15, -0.1) is 0 Å². The third kappa shape index (κ3) is 4.83. The largest absolute Gasteiger partial charge is 0.467 e. The molecule has 0 fully saturated rings. The molecular formula is C20H17BrN2O3. The highest BCUT2D eigenvalue weighted by Gasteiger charge is 2.13. The summed E-state index contributed by atoms with van der Waals surface area (Å²) in [5, 5.41) is 5.60. The fraction of sp³-hybridized carbons (Fsp3) is 0.100. The fourth-order valence-electron chi connectivity index (χ4n) is 2.49. The number of hydrogen-bond donors (Lipinski definition) is 2. The van der Waals surface area contributed by atoms with Gasteiger partial charge in [0, 0.05) is 4.47 Å². The lowest BCUT2D eigenvalue weighted by Crippen LogP contribution is -2.25. The van der Waals surface area contributed by atoms with Gasteiger partial charge in [-0.2, -0.15) is 0 Å². The van der Waals surface area contributed by atoms with Gasteiger partial charge in [0.25, 0.3) is 5.91 Å². The van der Waals surface area contributed by atoms with Crippen LogP contribution in [0.2, 0.25) is 0 Å². The van der Waals surface area contributed by atoms with Crippen molar-refractivity contribution < 1.29 is 14.0 Å². The topological polar surface area (TPSA) is 71.3 Å². The molecule has 3 rings (SSSR count). The molecule has 3 aromatic rings. The number of carbonyl (C=O) groups excluding carboxylic acids is 2. The van der Waals surface area contributed by atoms with Gasteiger partial charge in [0.05, 0.1) is 30.5 Å². The Morgan fingerprint density at radius 3 is 2.62 bits per heavy atom. The number of hydrogen-bond acceptors (Lipinski definition) is 3. The van der Waals surface area contributed by atoms with Gasteiger partial charge in [0.15, 0.2) is 0 Å². The molecular weight excluding hydrogens is 396 g/mol. The Morgan fingerprint density at radius 1 is 1.00 bits per heavy atom. The van der Waals surface area contributed by atoms with E-state index in [4.69, 9.17) is 4.42 Å². The highest BCUT2D eigenvalue weighted by atomic mass is 79.9. The van der Waals surface area contributed by atoms with E-state index in [2.05, 4.69) is 26.6 Å². The molecule has 0 bridgehead atoms. The molecule has 2 amide bonds. The summed E-state index contributed by atoms with van der Waals surface area (Å²) in [4.78, 5) is 24.8.